The van der Waals surface area contributed by atoms with Crippen molar-refractivity contribution in [1.82, 2.24) is 9.47 Å². The van der Waals surface area contributed by atoms with Crippen LogP contribution < -0.4 is 0 Å². The maximum absolute atomic E-state index is 2.32. The standard InChI is InChI=1S/C15H20N2/c1-13-11-15(14-7-5-4-6-8-14)12-17(13)10-9-16(2)3/h4-8,11-12H,9-10H2,1-3H3. The lowest BCUT2D eigenvalue weighted by atomic mass is 10.1. The van der Waals surface area contributed by atoms with Crippen molar-refractivity contribution in [3.63, 3.8) is 0 Å². The first-order valence-corrected chi connectivity index (χ1v) is 6.04. The average Bonchev–Trinajstić information content (AvgIpc) is 2.69. The Bertz CT molecular complexity index is 469. The molecule has 0 aliphatic heterocycles. The van der Waals surface area contributed by atoms with Gasteiger partial charge >= 0.3 is 0 Å². The zero-order valence-corrected chi connectivity index (χ0v) is 10.9. The fourth-order valence-corrected chi connectivity index (χ4v) is 1.95. The molecule has 0 saturated carbocycles. The summed E-state index contributed by atoms with van der Waals surface area (Å²) in [4.78, 5) is 2.21. The summed E-state index contributed by atoms with van der Waals surface area (Å²) < 4.78 is 2.32. The van der Waals surface area contributed by atoms with Crippen molar-refractivity contribution in [3.05, 3.63) is 48.3 Å². The van der Waals surface area contributed by atoms with Gasteiger partial charge in [-0.1, -0.05) is 30.3 Å². The molecule has 1 aromatic heterocycles. The van der Waals surface area contributed by atoms with E-state index in [1.807, 2.05) is 0 Å². The molecular weight excluding hydrogens is 208 g/mol. The summed E-state index contributed by atoms with van der Waals surface area (Å²) in [5.74, 6) is 0. The van der Waals surface area contributed by atoms with Crippen molar-refractivity contribution >= 4 is 0 Å². The van der Waals surface area contributed by atoms with Crippen LogP contribution in [-0.2, 0) is 6.54 Å². The molecule has 2 heteroatoms. The van der Waals surface area contributed by atoms with E-state index in [1.165, 1.54) is 16.8 Å². The molecule has 1 heterocycles. The predicted octanol–water partition coefficient (Wildman–Crippen LogP) is 3.03. The number of rotatable bonds is 4. The lowest BCUT2D eigenvalue weighted by Crippen LogP contribution is -2.18. The van der Waals surface area contributed by atoms with Crippen molar-refractivity contribution in [3.8, 4) is 11.1 Å². The van der Waals surface area contributed by atoms with Crippen molar-refractivity contribution in [2.75, 3.05) is 20.6 Å². The third-order valence-electron chi connectivity index (χ3n) is 3.01. The van der Waals surface area contributed by atoms with E-state index in [0.717, 1.165) is 13.1 Å². The summed E-state index contributed by atoms with van der Waals surface area (Å²) in [6.07, 6.45) is 2.24. The van der Waals surface area contributed by atoms with E-state index in [2.05, 4.69) is 73.1 Å². The fraction of sp³-hybridized carbons (Fsp3) is 0.333. The second-order valence-electron chi connectivity index (χ2n) is 4.73. The van der Waals surface area contributed by atoms with E-state index in [-0.39, 0.29) is 0 Å². The van der Waals surface area contributed by atoms with E-state index in [0.29, 0.717) is 0 Å². The molecule has 0 saturated heterocycles. The number of hydrogen-bond donors (Lipinski definition) is 0. The molecule has 0 unspecified atom stereocenters. The van der Waals surface area contributed by atoms with Crippen molar-refractivity contribution in [1.29, 1.82) is 0 Å². The van der Waals surface area contributed by atoms with Gasteiger partial charge in [0, 0.05) is 25.0 Å². The van der Waals surface area contributed by atoms with E-state index in [9.17, 15) is 0 Å². The Morgan fingerprint density at radius 2 is 1.76 bits per heavy atom. The number of likely N-dealkylation sites (N-methyl/N-ethyl adjacent to an activating group) is 1. The van der Waals surface area contributed by atoms with Gasteiger partial charge in [-0.3, -0.25) is 0 Å². The zero-order valence-electron chi connectivity index (χ0n) is 10.9. The number of aromatic nitrogens is 1. The van der Waals surface area contributed by atoms with Crippen LogP contribution in [0.3, 0.4) is 0 Å². The molecule has 17 heavy (non-hydrogen) atoms. The highest BCUT2D eigenvalue weighted by atomic mass is 15.1. The third-order valence-corrected chi connectivity index (χ3v) is 3.01. The van der Waals surface area contributed by atoms with Gasteiger partial charge in [-0.25, -0.2) is 0 Å². The number of benzene rings is 1. The topological polar surface area (TPSA) is 8.17 Å². The van der Waals surface area contributed by atoms with Crippen molar-refractivity contribution in [2.45, 2.75) is 13.5 Å². The summed E-state index contributed by atoms with van der Waals surface area (Å²) in [7, 11) is 4.22. The van der Waals surface area contributed by atoms with Gasteiger partial charge in [-0.15, -0.1) is 0 Å². The van der Waals surface area contributed by atoms with Crippen molar-refractivity contribution < 1.29 is 0 Å². The number of nitrogens with zero attached hydrogens (tertiary/aromatic N) is 2. The first kappa shape index (κ1) is 11.9. The van der Waals surface area contributed by atoms with Crippen LogP contribution in [0, 0.1) is 6.92 Å². The maximum Gasteiger partial charge on any atom is 0.0349 e. The molecule has 0 aliphatic rings. The lowest BCUT2D eigenvalue weighted by molar-refractivity contribution is 0.382. The molecule has 0 bridgehead atoms. The van der Waals surface area contributed by atoms with E-state index < -0.39 is 0 Å². The first-order valence-electron chi connectivity index (χ1n) is 6.04. The van der Waals surface area contributed by atoms with Crippen LogP contribution in [0.15, 0.2) is 42.6 Å². The molecule has 2 aromatic rings. The van der Waals surface area contributed by atoms with Gasteiger partial charge < -0.3 is 9.47 Å². The van der Waals surface area contributed by atoms with Crippen LogP contribution in [0.25, 0.3) is 11.1 Å². The second-order valence-corrected chi connectivity index (χ2v) is 4.73. The minimum absolute atomic E-state index is 1.05. The SMILES string of the molecule is Cc1cc(-c2ccccc2)cn1CCN(C)C. The summed E-state index contributed by atoms with van der Waals surface area (Å²) in [6, 6.07) is 12.8. The predicted molar refractivity (Wildman–Crippen MR) is 73.2 cm³/mol. The van der Waals surface area contributed by atoms with Crippen LogP contribution in [0.1, 0.15) is 5.69 Å². The zero-order chi connectivity index (χ0) is 12.3. The average molecular weight is 228 g/mol. The highest BCUT2D eigenvalue weighted by Gasteiger charge is 2.04. The Morgan fingerprint density at radius 1 is 1.06 bits per heavy atom. The van der Waals surface area contributed by atoms with Gasteiger partial charge in [0.15, 0.2) is 0 Å². The normalized spacial score (nSPS) is 11.1. The maximum atomic E-state index is 2.32. The van der Waals surface area contributed by atoms with E-state index >= 15 is 0 Å². The summed E-state index contributed by atoms with van der Waals surface area (Å²) in [5, 5.41) is 0. The van der Waals surface area contributed by atoms with Crippen LogP contribution in [-0.4, -0.2) is 30.1 Å². The quantitative estimate of drug-likeness (QED) is 0.781. The Labute approximate surface area is 103 Å². The molecule has 0 amide bonds. The Balaban J connectivity index is 2.19. The molecule has 0 fully saturated rings. The summed E-state index contributed by atoms with van der Waals surface area (Å²) >= 11 is 0. The first-order chi connectivity index (χ1) is 8.16. The van der Waals surface area contributed by atoms with E-state index in [1.54, 1.807) is 0 Å². The summed E-state index contributed by atoms with van der Waals surface area (Å²) in [5.41, 5.74) is 3.92. The van der Waals surface area contributed by atoms with Gasteiger partial charge in [0.25, 0.3) is 0 Å². The Hall–Kier alpha value is -1.54. The number of hydrogen-bond acceptors (Lipinski definition) is 1. The van der Waals surface area contributed by atoms with Crippen LogP contribution in [0.4, 0.5) is 0 Å². The molecule has 0 N–H and O–H groups in total. The van der Waals surface area contributed by atoms with Crippen LogP contribution in [0.2, 0.25) is 0 Å². The molecule has 0 radical (unpaired) electrons. The molecule has 0 aliphatic carbocycles. The molecule has 90 valence electrons. The Morgan fingerprint density at radius 3 is 2.41 bits per heavy atom. The minimum atomic E-state index is 1.05. The minimum Gasteiger partial charge on any atom is -0.350 e. The highest BCUT2D eigenvalue weighted by molar-refractivity contribution is 5.63. The number of aryl methyl sites for hydroxylation is 1. The van der Waals surface area contributed by atoms with Gasteiger partial charge in [0.1, 0.15) is 0 Å². The monoisotopic (exact) mass is 228 g/mol. The van der Waals surface area contributed by atoms with E-state index in [4.69, 9.17) is 0 Å². The highest BCUT2D eigenvalue weighted by Crippen LogP contribution is 2.21. The summed E-state index contributed by atoms with van der Waals surface area (Å²) in [6.45, 7) is 4.29. The van der Waals surface area contributed by atoms with Gasteiger partial charge in [0.05, 0.1) is 0 Å². The van der Waals surface area contributed by atoms with Crippen molar-refractivity contribution in [2.24, 2.45) is 0 Å². The van der Waals surface area contributed by atoms with Gasteiger partial charge in [-0.2, -0.15) is 0 Å². The molecular formula is C15H20N2. The Kier molecular flexibility index (Phi) is 3.64. The lowest BCUT2D eigenvalue weighted by Gasteiger charge is -2.11. The second kappa shape index (κ2) is 5.19. The fourth-order valence-electron chi connectivity index (χ4n) is 1.95. The smallest absolute Gasteiger partial charge is 0.0349 e. The molecule has 2 nitrogen and oxygen atoms in total. The van der Waals surface area contributed by atoms with Crippen LogP contribution >= 0.6 is 0 Å². The van der Waals surface area contributed by atoms with Gasteiger partial charge in [0.2, 0.25) is 0 Å². The van der Waals surface area contributed by atoms with Gasteiger partial charge in [-0.05, 0) is 38.2 Å². The molecule has 0 spiro atoms. The van der Waals surface area contributed by atoms with Crippen LogP contribution in [0.5, 0.6) is 0 Å². The molecule has 0 atom stereocenters. The molecule has 2 rings (SSSR count). The largest absolute Gasteiger partial charge is 0.350 e. The molecule has 1 aromatic carbocycles. The third kappa shape index (κ3) is 2.98.